The van der Waals surface area contributed by atoms with E-state index in [-0.39, 0.29) is 85.6 Å². The zero-order chi connectivity index (χ0) is 64.7. The second-order valence-electron chi connectivity index (χ2n) is 25.5. The first-order valence-electron chi connectivity index (χ1n) is 30.5. The van der Waals surface area contributed by atoms with E-state index in [4.69, 9.17) is 37.9 Å². The van der Waals surface area contributed by atoms with E-state index in [1.165, 1.54) is 0 Å². The average Bonchev–Trinajstić information content (AvgIpc) is 1.71. The van der Waals surface area contributed by atoms with Crippen LogP contribution in [0.2, 0.25) is 0 Å². The number of alkyl carbamates (subject to hydrolysis) is 4. The van der Waals surface area contributed by atoms with Gasteiger partial charge in [0.1, 0.15) is 61.0 Å². The van der Waals surface area contributed by atoms with Crippen molar-refractivity contribution in [1.82, 2.24) is 21.3 Å². The smallest absolute Gasteiger partial charge is 0.408 e. The topological polar surface area (TPSA) is 278 Å². The molecule has 20 nitrogen and oxygen atoms in total. The molecule has 4 aromatic carbocycles. The number of epoxide rings is 4. The van der Waals surface area contributed by atoms with Crippen LogP contribution >= 0.6 is 0 Å². The van der Waals surface area contributed by atoms with Crippen molar-refractivity contribution >= 4 is 35.9 Å². The largest absolute Gasteiger partial charge is 0.445 e. The van der Waals surface area contributed by atoms with Gasteiger partial charge in [0.2, 0.25) is 0 Å². The fourth-order valence-corrected chi connectivity index (χ4v) is 9.26. The molecule has 4 aromatic rings. The summed E-state index contributed by atoms with van der Waals surface area (Å²) in [7, 11) is 0. The number of benzene rings is 4. The fraction of sp³-hybridized carbons (Fsp3) is 0.577. The van der Waals surface area contributed by atoms with Gasteiger partial charge in [0.15, 0.2) is 11.6 Å². The number of rotatable bonds is 28. The maximum absolute atomic E-state index is 12.4. The lowest BCUT2D eigenvalue weighted by Gasteiger charge is -2.27. The highest BCUT2D eigenvalue weighted by Gasteiger charge is 2.53. The molecule has 0 aromatic heterocycles. The molecule has 4 fully saturated rings. The number of Topliss-reactive ketones (excluding diaryl/α,β-unsaturated/α-hetero) is 2. The Labute approximate surface area is 543 Å². The first-order valence-corrected chi connectivity index (χ1v) is 30.5. The molecule has 6 N–H and O–H groups in total. The molecule has 8 rings (SSSR count). The van der Waals surface area contributed by atoms with Crippen molar-refractivity contribution in [1.29, 1.82) is 0 Å². The normalized spacial score (nSPS) is 21.4. The van der Waals surface area contributed by atoms with Crippen LogP contribution in [0.3, 0.4) is 0 Å². The number of amides is 4. The maximum atomic E-state index is 12.4. The number of carbonyl (C=O) groups excluding carboxylic acids is 6. The number of ether oxygens (including phenoxy) is 8. The molecule has 0 aliphatic carbocycles. The van der Waals surface area contributed by atoms with Crippen LogP contribution in [-0.2, 0) is 73.9 Å². The van der Waals surface area contributed by atoms with Gasteiger partial charge in [-0.1, -0.05) is 199 Å². The summed E-state index contributed by atoms with van der Waals surface area (Å²) in [6.45, 7) is 26.1. The number of hydrogen-bond acceptors (Lipinski definition) is 16. The quantitative estimate of drug-likeness (QED) is 0.0228. The number of nitrogens with one attached hydrogen (secondary N) is 4. The third-order valence-corrected chi connectivity index (χ3v) is 14.9. The van der Waals surface area contributed by atoms with Crippen molar-refractivity contribution < 1.29 is 78.3 Å². The SMILES string of the molecule is C.C.C.CC(C)C[C@H](NC(=O)OCc1ccccc1)C(=O)[C@@]1(C)CO1.CC(C)C[C@H](NC(=O)OCc1ccccc1)C(=O)[C@]1(C)CO1.CC(C)C[C@H](NC(=O)OCc1ccccc1)[C@@H](O)[C@]1(C)CO1.CC(C)C[C@H](NC(=O)OCc1ccccc1)[C@H](O)[C@@]1(C)CO1.[2HH]. The van der Waals surface area contributed by atoms with E-state index >= 15 is 0 Å². The standard InChI is InChI=1S/2C17H25NO4.2C17H23NO4.3CH4.H2/c4*1-12(2)9-14(15(19)17(3)11-22-17)18-16(20)21-10-13-7-5-4-6-8-13;;;;/h2*4-8,12,14-15,19H,9-11H2,1-3H3,(H,18,20);2*4-8,12,14H,9-11H2,1-3H3,(H,18,20);3*1H4;1H/t14-,15+,17-;14-,15-,17+;14-,17+;14-,17-;;;;/m0000..../s1/i;;;;;;;1+1. The summed E-state index contributed by atoms with van der Waals surface area (Å²) >= 11 is 0. The highest BCUT2D eigenvalue weighted by atomic mass is 16.6. The summed E-state index contributed by atoms with van der Waals surface area (Å²) in [5, 5.41) is 31.7. The molecular weight excluding hydrogens is 1160 g/mol. The minimum atomic E-state index is -0.744. The number of carbonyl (C=O) groups is 6. The number of hydrogen-bond donors (Lipinski definition) is 6. The number of ketones is 2. The minimum absolute atomic E-state index is 0. The monoisotopic (exact) mass is 1280 g/mol. The summed E-state index contributed by atoms with van der Waals surface area (Å²) in [5.41, 5.74) is 1.08. The van der Waals surface area contributed by atoms with E-state index < -0.39 is 71.1 Å². The van der Waals surface area contributed by atoms with Crippen LogP contribution in [0.15, 0.2) is 121 Å². The molecule has 4 saturated heterocycles. The van der Waals surface area contributed by atoms with Crippen LogP contribution in [0.4, 0.5) is 19.2 Å². The Morgan fingerprint density at radius 3 is 0.813 bits per heavy atom. The Morgan fingerprint density at radius 1 is 0.396 bits per heavy atom. The highest BCUT2D eigenvalue weighted by molar-refractivity contribution is 5.96. The summed E-state index contributed by atoms with van der Waals surface area (Å²) < 4.78 is 41.8. The van der Waals surface area contributed by atoms with Crippen LogP contribution < -0.4 is 21.3 Å². The lowest BCUT2D eigenvalue weighted by atomic mass is 9.92. The third kappa shape index (κ3) is 29.1. The van der Waals surface area contributed by atoms with E-state index in [2.05, 4.69) is 21.3 Å². The Morgan fingerprint density at radius 2 is 0.615 bits per heavy atom. The van der Waals surface area contributed by atoms with E-state index in [9.17, 15) is 39.0 Å². The number of aliphatic hydroxyl groups excluding tert-OH is 2. The van der Waals surface area contributed by atoms with Gasteiger partial charge < -0.3 is 69.4 Å². The second-order valence-corrected chi connectivity index (χ2v) is 25.5. The van der Waals surface area contributed by atoms with Gasteiger partial charge in [-0.15, -0.1) is 0 Å². The molecule has 10 atom stereocenters. The Balaban J connectivity index is 0.000000605. The van der Waals surface area contributed by atoms with Crippen molar-refractivity contribution in [3.63, 3.8) is 0 Å². The van der Waals surface area contributed by atoms with Crippen LogP contribution in [0.25, 0.3) is 0 Å². The van der Waals surface area contributed by atoms with Crippen molar-refractivity contribution in [2.45, 2.75) is 216 Å². The molecule has 510 valence electrons. The first-order chi connectivity index (χ1) is 41.6. The van der Waals surface area contributed by atoms with E-state index in [0.29, 0.717) is 63.9 Å². The zero-order valence-corrected chi connectivity index (χ0v) is 53.4. The predicted octanol–water partition coefficient (Wildman–Crippen LogP) is 12.5. The molecule has 0 bridgehead atoms. The molecule has 4 aliphatic heterocycles. The van der Waals surface area contributed by atoms with Gasteiger partial charge in [0, 0.05) is 1.43 Å². The van der Waals surface area contributed by atoms with Crippen LogP contribution in [0.1, 0.15) is 155 Å². The first kappa shape index (κ1) is 80.2. The van der Waals surface area contributed by atoms with Crippen LogP contribution in [0.5, 0.6) is 0 Å². The lowest BCUT2D eigenvalue weighted by Crippen LogP contribution is -2.50. The summed E-state index contributed by atoms with van der Waals surface area (Å²) in [4.78, 5) is 72.6. The second kappa shape index (κ2) is 38.2. The van der Waals surface area contributed by atoms with Gasteiger partial charge in [-0.2, -0.15) is 0 Å². The summed E-state index contributed by atoms with van der Waals surface area (Å²) in [6, 6.07) is 35.9. The van der Waals surface area contributed by atoms with Gasteiger partial charge >= 0.3 is 24.4 Å². The number of aliphatic hydroxyl groups is 2. The molecule has 20 heteroatoms. The van der Waals surface area contributed by atoms with E-state index in [1.54, 1.807) is 13.8 Å². The van der Waals surface area contributed by atoms with Gasteiger partial charge in [0.05, 0.1) is 50.6 Å². The molecule has 4 amide bonds. The molecule has 4 aliphatic rings. The molecule has 0 radical (unpaired) electrons. The molecular formula is C71H110N4O16. The molecule has 0 spiro atoms. The van der Waals surface area contributed by atoms with Gasteiger partial charge in [0.25, 0.3) is 0 Å². The van der Waals surface area contributed by atoms with Crippen LogP contribution in [0, 0.1) is 23.7 Å². The Bertz CT molecular complexity index is 2590. The Hall–Kier alpha value is -6.94. The van der Waals surface area contributed by atoms with Crippen molar-refractivity contribution in [3.05, 3.63) is 144 Å². The predicted molar refractivity (Wildman–Crippen MR) is 354 cm³/mol. The summed E-state index contributed by atoms with van der Waals surface area (Å²) in [5.74, 6) is 1.08. The summed E-state index contributed by atoms with van der Waals surface area (Å²) in [6.07, 6.45) is -1.19. The van der Waals surface area contributed by atoms with E-state index in [0.717, 1.165) is 22.3 Å². The third-order valence-electron chi connectivity index (χ3n) is 14.9. The highest BCUT2D eigenvalue weighted by Crippen LogP contribution is 2.35. The van der Waals surface area contributed by atoms with Crippen LogP contribution in [-0.4, -0.2) is 131 Å². The molecule has 91 heavy (non-hydrogen) atoms. The van der Waals surface area contributed by atoms with Crippen molar-refractivity contribution in [3.8, 4) is 0 Å². The van der Waals surface area contributed by atoms with E-state index in [1.807, 2.05) is 191 Å². The molecule has 4 heterocycles. The Kier molecular flexibility index (Phi) is 33.6. The molecule has 0 unspecified atom stereocenters. The zero-order valence-electron chi connectivity index (χ0n) is 53.4. The average molecular weight is 1280 g/mol. The fourth-order valence-electron chi connectivity index (χ4n) is 9.26. The van der Waals surface area contributed by atoms with Crippen molar-refractivity contribution in [2.24, 2.45) is 23.7 Å². The van der Waals surface area contributed by atoms with Crippen molar-refractivity contribution in [2.75, 3.05) is 26.4 Å². The maximum Gasteiger partial charge on any atom is 0.408 e. The lowest BCUT2D eigenvalue weighted by molar-refractivity contribution is -0.126. The van der Waals surface area contributed by atoms with Gasteiger partial charge in [-0.3, -0.25) is 9.59 Å². The minimum Gasteiger partial charge on any atom is -0.445 e. The molecule has 0 saturated carbocycles. The van der Waals surface area contributed by atoms with Gasteiger partial charge in [-0.05, 0) is 99.3 Å². The van der Waals surface area contributed by atoms with Gasteiger partial charge in [-0.25, -0.2) is 19.2 Å².